The highest BCUT2D eigenvalue weighted by Gasteiger charge is 2.23. The first-order valence-corrected chi connectivity index (χ1v) is 7.52. The molecule has 0 saturated carbocycles. The van der Waals surface area contributed by atoms with Crippen LogP contribution in [0.4, 0.5) is 0 Å². The van der Waals surface area contributed by atoms with Gasteiger partial charge in [0, 0.05) is 13.6 Å². The van der Waals surface area contributed by atoms with E-state index in [0.717, 1.165) is 25.6 Å². The Morgan fingerprint density at radius 3 is 2.62 bits per heavy atom. The van der Waals surface area contributed by atoms with E-state index in [0.29, 0.717) is 12.6 Å². The minimum Gasteiger partial charge on any atom is -0.354 e. The van der Waals surface area contributed by atoms with E-state index in [4.69, 9.17) is 6.42 Å². The quantitative estimate of drug-likeness (QED) is 0.490. The van der Waals surface area contributed by atoms with Crippen LogP contribution >= 0.6 is 0 Å². The smallest absolute Gasteiger partial charge is 0.191 e. The van der Waals surface area contributed by atoms with Gasteiger partial charge >= 0.3 is 0 Å². The number of aliphatic imine (C=N–C) groups is 1. The van der Waals surface area contributed by atoms with Gasteiger partial charge < -0.3 is 10.6 Å². The molecule has 0 bridgehead atoms. The maximum absolute atomic E-state index is 5.27. The van der Waals surface area contributed by atoms with E-state index >= 15 is 0 Å². The normalized spacial score (nSPS) is 17.2. The van der Waals surface area contributed by atoms with E-state index in [-0.39, 0.29) is 0 Å². The Hall–Kier alpha value is -1.99. The third-order valence-electron chi connectivity index (χ3n) is 3.81. The molecule has 4 heteroatoms. The molecular weight excluding hydrogens is 260 g/mol. The summed E-state index contributed by atoms with van der Waals surface area (Å²) in [4.78, 5) is 6.74. The van der Waals surface area contributed by atoms with E-state index in [2.05, 4.69) is 56.8 Å². The molecule has 21 heavy (non-hydrogen) atoms. The summed E-state index contributed by atoms with van der Waals surface area (Å²) in [6.07, 6.45) is 7.84. The van der Waals surface area contributed by atoms with Crippen molar-refractivity contribution in [1.82, 2.24) is 15.5 Å². The first kappa shape index (κ1) is 15.4. The zero-order valence-corrected chi connectivity index (χ0v) is 12.7. The number of nitrogens with one attached hydrogen (secondary N) is 2. The molecule has 1 fully saturated rings. The van der Waals surface area contributed by atoms with Crippen LogP contribution in [0.2, 0.25) is 0 Å². The van der Waals surface area contributed by atoms with Crippen LogP contribution in [0.15, 0.2) is 35.3 Å². The van der Waals surface area contributed by atoms with Crippen molar-refractivity contribution < 1.29 is 0 Å². The summed E-state index contributed by atoms with van der Waals surface area (Å²) in [5.41, 5.74) is 1.35. The van der Waals surface area contributed by atoms with Crippen molar-refractivity contribution in [2.45, 2.75) is 18.9 Å². The number of hydrogen-bond acceptors (Lipinski definition) is 2. The molecule has 1 saturated heterocycles. The highest BCUT2D eigenvalue weighted by molar-refractivity contribution is 5.79. The highest BCUT2D eigenvalue weighted by atomic mass is 15.2. The van der Waals surface area contributed by atoms with Crippen LogP contribution in [-0.4, -0.2) is 44.1 Å². The maximum Gasteiger partial charge on any atom is 0.191 e. The van der Waals surface area contributed by atoms with Crippen molar-refractivity contribution in [2.75, 3.05) is 33.2 Å². The van der Waals surface area contributed by atoms with Crippen LogP contribution in [-0.2, 0) is 0 Å². The van der Waals surface area contributed by atoms with Crippen LogP contribution in [0.3, 0.4) is 0 Å². The monoisotopic (exact) mass is 284 g/mol. The molecule has 1 aromatic rings. The van der Waals surface area contributed by atoms with Crippen LogP contribution in [0.1, 0.15) is 24.4 Å². The third kappa shape index (κ3) is 4.51. The lowest BCUT2D eigenvalue weighted by molar-refractivity contribution is 0.245. The summed E-state index contributed by atoms with van der Waals surface area (Å²) in [6.45, 7) is 3.64. The summed E-state index contributed by atoms with van der Waals surface area (Å²) in [5, 5.41) is 6.48. The summed E-state index contributed by atoms with van der Waals surface area (Å²) in [6, 6.07) is 11.0. The number of benzene rings is 1. The third-order valence-corrected chi connectivity index (χ3v) is 3.81. The summed E-state index contributed by atoms with van der Waals surface area (Å²) in [5.74, 6) is 3.32. The molecule has 0 radical (unpaired) electrons. The Bertz CT molecular complexity index is 483. The van der Waals surface area contributed by atoms with Gasteiger partial charge in [-0.3, -0.25) is 9.89 Å². The van der Waals surface area contributed by atoms with Crippen LogP contribution in [0.25, 0.3) is 0 Å². The van der Waals surface area contributed by atoms with Crippen molar-refractivity contribution in [3.05, 3.63) is 35.9 Å². The van der Waals surface area contributed by atoms with Gasteiger partial charge in [-0.05, 0) is 31.5 Å². The Kier molecular flexibility index (Phi) is 6.11. The lowest BCUT2D eigenvalue weighted by Gasteiger charge is -2.28. The second-order valence-corrected chi connectivity index (χ2v) is 5.18. The van der Waals surface area contributed by atoms with Gasteiger partial charge in [-0.2, -0.15) is 0 Å². The summed E-state index contributed by atoms with van der Waals surface area (Å²) < 4.78 is 0. The van der Waals surface area contributed by atoms with Crippen molar-refractivity contribution >= 4 is 5.96 Å². The first-order chi connectivity index (χ1) is 10.3. The fraction of sp³-hybridized carbons (Fsp3) is 0.471. The second-order valence-electron chi connectivity index (χ2n) is 5.18. The largest absolute Gasteiger partial charge is 0.354 e. The first-order valence-electron chi connectivity index (χ1n) is 7.52. The molecule has 1 unspecified atom stereocenters. The number of hydrogen-bond donors (Lipinski definition) is 2. The molecule has 4 nitrogen and oxygen atoms in total. The van der Waals surface area contributed by atoms with Gasteiger partial charge in [0.05, 0.1) is 12.6 Å². The van der Waals surface area contributed by atoms with Gasteiger partial charge in [-0.25, -0.2) is 0 Å². The van der Waals surface area contributed by atoms with Crippen molar-refractivity contribution in [3.8, 4) is 12.3 Å². The predicted octanol–water partition coefficient (Wildman–Crippen LogP) is 1.62. The Labute approximate surface area is 127 Å². The van der Waals surface area contributed by atoms with Gasteiger partial charge in [0.25, 0.3) is 0 Å². The number of rotatable bonds is 5. The molecular formula is C17H24N4. The molecule has 1 aromatic carbocycles. The molecule has 0 aromatic heterocycles. The van der Waals surface area contributed by atoms with Crippen molar-refractivity contribution in [1.29, 1.82) is 0 Å². The van der Waals surface area contributed by atoms with Gasteiger partial charge in [-0.1, -0.05) is 36.3 Å². The number of likely N-dealkylation sites (tertiary alicyclic amines) is 1. The van der Waals surface area contributed by atoms with Crippen molar-refractivity contribution in [2.24, 2.45) is 4.99 Å². The summed E-state index contributed by atoms with van der Waals surface area (Å²) >= 11 is 0. The maximum atomic E-state index is 5.27. The summed E-state index contributed by atoms with van der Waals surface area (Å²) in [7, 11) is 1.76. The number of terminal acetylenes is 1. The van der Waals surface area contributed by atoms with E-state index in [1.807, 2.05) is 0 Å². The average molecular weight is 284 g/mol. The molecule has 1 aliphatic heterocycles. The molecule has 2 rings (SSSR count). The second kappa shape index (κ2) is 8.33. The number of guanidine groups is 1. The van der Waals surface area contributed by atoms with Crippen molar-refractivity contribution in [3.63, 3.8) is 0 Å². The lowest BCUT2D eigenvalue weighted by atomic mass is 10.1. The molecule has 2 N–H and O–H groups in total. The Morgan fingerprint density at radius 2 is 2.00 bits per heavy atom. The zero-order valence-electron chi connectivity index (χ0n) is 12.7. The minimum atomic E-state index is 0.373. The molecule has 1 atom stereocenters. The van der Waals surface area contributed by atoms with E-state index in [9.17, 15) is 0 Å². The van der Waals surface area contributed by atoms with Crippen LogP contribution in [0.5, 0.6) is 0 Å². The molecule has 1 aliphatic rings. The Balaban J connectivity index is 2.01. The molecule has 0 amide bonds. The minimum absolute atomic E-state index is 0.373. The lowest BCUT2D eigenvalue weighted by Crippen LogP contribution is -2.42. The van der Waals surface area contributed by atoms with E-state index < -0.39 is 0 Å². The standard InChI is InChI=1S/C17H24N4/c1-3-11-19-17(18-2)20-14-16(21-12-7-8-13-21)15-9-5-4-6-10-15/h1,4-6,9-10,16H,7-8,11-14H2,2H3,(H2,18,19,20). The fourth-order valence-electron chi connectivity index (χ4n) is 2.73. The van der Waals surface area contributed by atoms with E-state index in [1.165, 1.54) is 18.4 Å². The zero-order chi connectivity index (χ0) is 14.9. The molecule has 1 heterocycles. The predicted molar refractivity (Wildman–Crippen MR) is 88.2 cm³/mol. The highest BCUT2D eigenvalue weighted by Crippen LogP contribution is 2.24. The van der Waals surface area contributed by atoms with Gasteiger partial charge in [-0.15, -0.1) is 6.42 Å². The van der Waals surface area contributed by atoms with Crippen LogP contribution < -0.4 is 10.6 Å². The molecule has 0 spiro atoms. The van der Waals surface area contributed by atoms with Gasteiger partial charge in [0.2, 0.25) is 0 Å². The van der Waals surface area contributed by atoms with Gasteiger partial charge in [0.15, 0.2) is 5.96 Å². The van der Waals surface area contributed by atoms with Crippen LogP contribution in [0, 0.1) is 12.3 Å². The SMILES string of the molecule is C#CCNC(=NC)NCC(c1ccccc1)N1CCCC1. The fourth-order valence-corrected chi connectivity index (χ4v) is 2.73. The van der Waals surface area contributed by atoms with E-state index in [1.54, 1.807) is 7.05 Å². The average Bonchev–Trinajstić information content (AvgIpc) is 3.06. The van der Waals surface area contributed by atoms with Gasteiger partial charge in [0.1, 0.15) is 0 Å². The molecule has 0 aliphatic carbocycles. The molecule has 112 valence electrons. The Morgan fingerprint density at radius 1 is 1.29 bits per heavy atom. The number of nitrogens with zero attached hydrogens (tertiary/aromatic N) is 2. The topological polar surface area (TPSA) is 39.7 Å².